The van der Waals surface area contributed by atoms with E-state index in [9.17, 15) is 0 Å². The summed E-state index contributed by atoms with van der Waals surface area (Å²) in [4.78, 5) is 0. The molecule has 0 fully saturated rings. The van der Waals surface area contributed by atoms with E-state index in [0.717, 1.165) is 12.8 Å². The lowest BCUT2D eigenvalue weighted by Gasteiger charge is -2.18. The van der Waals surface area contributed by atoms with E-state index >= 15 is 0 Å². The average molecular weight is 203 g/mol. The molecular weight excluding hydrogens is 182 g/mol. The van der Waals surface area contributed by atoms with Crippen LogP contribution in [0.2, 0.25) is 0 Å². The molecule has 1 aromatic carbocycles. The van der Waals surface area contributed by atoms with Gasteiger partial charge in [0.1, 0.15) is 0 Å². The van der Waals surface area contributed by atoms with Crippen LogP contribution in [0.4, 0.5) is 0 Å². The Bertz CT molecular complexity index is 328. The van der Waals surface area contributed by atoms with Crippen molar-refractivity contribution in [2.45, 2.75) is 32.7 Å². The number of rotatable bonds is 5. The van der Waals surface area contributed by atoms with E-state index in [1.165, 1.54) is 16.7 Å². The minimum Gasteiger partial charge on any atom is -0.313 e. The molecule has 1 atom stereocenters. The topological polar surface area (TPSA) is 12.0 Å². The van der Waals surface area contributed by atoms with Crippen LogP contribution in [0.3, 0.4) is 0 Å². The molecule has 0 amide bonds. The molecule has 0 aliphatic carbocycles. The van der Waals surface area contributed by atoms with Gasteiger partial charge in [0.2, 0.25) is 0 Å². The van der Waals surface area contributed by atoms with Crippen molar-refractivity contribution in [1.29, 1.82) is 0 Å². The second-order valence-electron chi connectivity index (χ2n) is 4.07. The Hall–Kier alpha value is -1.08. The van der Waals surface area contributed by atoms with Crippen molar-refractivity contribution in [3.8, 4) is 0 Å². The second-order valence-corrected chi connectivity index (χ2v) is 4.07. The van der Waals surface area contributed by atoms with Crippen LogP contribution in [0.15, 0.2) is 30.9 Å². The van der Waals surface area contributed by atoms with Gasteiger partial charge in [-0.3, -0.25) is 0 Å². The molecule has 0 aromatic heterocycles. The molecule has 0 heterocycles. The number of benzene rings is 1. The van der Waals surface area contributed by atoms with Crippen molar-refractivity contribution in [1.82, 2.24) is 5.32 Å². The minimum absolute atomic E-state index is 0.448. The lowest BCUT2D eigenvalue weighted by Crippen LogP contribution is -2.17. The Morgan fingerprint density at radius 3 is 2.67 bits per heavy atom. The number of nitrogens with one attached hydrogen (secondary N) is 1. The Morgan fingerprint density at radius 1 is 1.40 bits per heavy atom. The van der Waals surface area contributed by atoms with Crippen LogP contribution >= 0.6 is 0 Å². The molecule has 1 nitrogen and oxygen atoms in total. The van der Waals surface area contributed by atoms with Crippen molar-refractivity contribution in [2.24, 2.45) is 0 Å². The van der Waals surface area contributed by atoms with Crippen LogP contribution in [0.1, 0.15) is 35.6 Å². The van der Waals surface area contributed by atoms with Gasteiger partial charge >= 0.3 is 0 Å². The first-order chi connectivity index (χ1) is 7.19. The maximum Gasteiger partial charge on any atom is 0.0323 e. The van der Waals surface area contributed by atoms with Crippen molar-refractivity contribution >= 4 is 0 Å². The van der Waals surface area contributed by atoms with Crippen LogP contribution in [-0.2, 0) is 0 Å². The second kappa shape index (κ2) is 5.72. The van der Waals surface area contributed by atoms with Gasteiger partial charge in [-0.15, -0.1) is 6.58 Å². The fraction of sp³-hybridized carbons (Fsp3) is 0.429. The maximum absolute atomic E-state index is 3.77. The maximum atomic E-state index is 3.77. The van der Waals surface area contributed by atoms with Gasteiger partial charge in [-0.05, 0) is 44.9 Å². The third-order valence-corrected chi connectivity index (χ3v) is 2.81. The summed E-state index contributed by atoms with van der Waals surface area (Å²) in [6, 6.07) is 7.10. The van der Waals surface area contributed by atoms with Gasteiger partial charge in [-0.1, -0.05) is 29.8 Å². The molecule has 1 heteroatoms. The highest BCUT2D eigenvalue weighted by Crippen LogP contribution is 2.22. The van der Waals surface area contributed by atoms with Crippen LogP contribution in [0.25, 0.3) is 0 Å². The molecule has 82 valence electrons. The number of hydrogen-bond acceptors (Lipinski definition) is 1. The molecule has 0 aliphatic rings. The predicted molar refractivity (Wildman–Crippen MR) is 67.1 cm³/mol. The van der Waals surface area contributed by atoms with E-state index in [1.54, 1.807) is 0 Å². The lowest BCUT2D eigenvalue weighted by atomic mass is 9.96. The molecule has 0 aliphatic heterocycles. The standard InChI is InChI=1S/C14H21N/c1-5-6-7-14(15-4)13-9-8-11(2)10-12(13)3/h5,8-10,14-15H,1,6-7H2,2-4H3. The molecule has 15 heavy (non-hydrogen) atoms. The van der Waals surface area contributed by atoms with Crippen LogP contribution in [-0.4, -0.2) is 7.05 Å². The summed E-state index contributed by atoms with van der Waals surface area (Å²) in [5.74, 6) is 0. The summed E-state index contributed by atoms with van der Waals surface area (Å²) in [5.41, 5.74) is 4.11. The van der Waals surface area contributed by atoms with Gasteiger partial charge in [-0.25, -0.2) is 0 Å². The number of hydrogen-bond donors (Lipinski definition) is 1. The highest BCUT2D eigenvalue weighted by Gasteiger charge is 2.10. The molecule has 0 saturated carbocycles. The zero-order valence-electron chi connectivity index (χ0n) is 10.0. The Balaban J connectivity index is 2.86. The summed E-state index contributed by atoms with van der Waals surface area (Å²) in [7, 11) is 2.02. The van der Waals surface area contributed by atoms with Gasteiger partial charge in [0.25, 0.3) is 0 Å². The van der Waals surface area contributed by atoms with E-state index in [0.29, 0.717) is 6.04 Å². The molecule has 0 spiro atoms. The Labute approximate surface area is 93.2 Å². The first-order valence-electron chi connectivity index (χ1n) is 5.54. The first-order valence-corrected chi connectivity index (χ1v) is 5.54. The molecule has 0 radical (unpaired) electrons. The Morgan fingerprint density at radius 2 is 2.13 bits per heavy atom. The first kappa shape index (κ1) is 12.0. The fourth-order valence-corrected chi connectivity index (χ4v) is 1.96. The summed E-state index contributed by atoms with van der Waals surface area (Å²) in [5, 5.41) is 3.37. The van der Waals surface area contributed by atoms with Crippen LogP contribution < -0.4 is 5.32 Å². The molecule has 0 saturated heterocycles. The summed E-state index contributed by atoms with van der Waals surface area (Å²) >= 11 is 0. The minimum atomic E-state index is 0.448. The number of aryl methyl sites for hydroxylation is 2. The summed E-state index contributed by atoms with van der Waals surface area (Å²) in [6.45, 7) is 8.08. The molecule has 1 rings (SSSR count). The van der Waals surface area contributed by atoms with E-state index in [1.807, 2.05) is 13.1 Å². The van der Waals surface area contributed by atoms with Gasteiger partial charge in [0.15, 0.2) is 0 Å². The van der Waals surface area contributed by atoms with E-state index in [2.05, 4.69) is 43.9 Å². The molecule has 0 bridgehead atoms. The smallest absolute Gasteiger partial charge is 0.0323 e. The highest BCUT2D eigenvalue weighted by molar-refractivity contribution is 5.32. The molecule has 1 N–H and O–H groups in total. The third-order valence-electron chi connectivity index (χ3n) is 2.81. The van der Waals surface area contributed by atoms with E-state index in [4.69, 9.17) is 0 Å². The third kappa shape index (κ3) is 3.21. The van der Waals surface area contributed by atoms with E-state index in [-0.39, 0.29) is 0 Å². The quantitative estimate of drug-likeness (QED) is 0.722. The monoisotopic (exact) mass is 203 g/mol. The Kier molecular flexibility index (Phi) is 4.57. The van der Waals surface area contributed by atoms with Crippen LogP contribution in [0, 0.1) is 13.8 Å². The molecule has 1 unspecified atom stereocenters. The number of allylic oxidation sites excluding steroid dienone is 1. The SMILES string of the molecule is C=CCCC(NC)c1ccc(C)cc1C. The van der Waals surface area contributed by atoms with Crippen molar-refractivity contribution < 1.29 is 0 Å². The van der Waals surface area contributed by atoms with Gasteiger partial charge in [0, 0.05) is 6.04 Å². The van der Waals surface area contributed by atoms with Crippen LogP contribution in [0.5, 0.6) is 0 Å². The zero-order valence-corrected chi connectivity index (χ0v) is 10.0. The molecular formula is C14H21N. The van der Waals surface area contributed by atoms with Gasteiger partial charge < -0.3 is 5.32 Å². The highest BCUT2D eigenvalue weighted by atomic mass is 14.9. The van der Waals surface area contributed by atoms with Crippen molar-refractivity contribution in [2.75, 3.05) is 7.05 Å². The lowest BCUT2D eigenvalue weighted by molar-refractivity contribution is 0.552. The van der Waals surface area contributed by atoms with Gasteiger partial charge in [0.05, 0.1) is 0 Å². The average Bonchev–Trinajstić information content (AvgIpc) is 2.21. The largest absolute Gasteiger partial charge is 0.313 e. The predicted octanol–water partition coefficient (Wildman–Crippen LogP) is 3.53. The summed E-state index contributed by atoms with van der Waals surface area (Å²) < 4.78 is 0. The van der Waals surface area contributed by atoms with Crippen molar-refractivity contribution in [3.63, 3.8) is 0 Å². The normalized spacial score (nSPS) is 12.5. The van der Waals surface area contributed by atoms with Gasteiger partial charge in [-0.2, -0.15) is 0 Å². The zero-order chi connectivity index (χ0) is 11.3. The van der Waals surface area contributed by atoms with Crippen molar-refractivity contribution in [3.05, 3.63) is 47.5 Å². The van der Waals surface area contributed by atoms with E-state index < -0.39 is 0 Å². The molecule has 1 aromatic rings. The summed E-state index contributed by atoms with van der Waals surface area (Å²) in [6.07, 6.45) is 4.15. The fourth-order valence-electron chi connectivity index (χ4n) is 1.96.